The van der Waals surface area contributed by atoms with Gasteiger partial charge in [0, 0.05) is 5.54 Å². The fourth-order valence-corrected chi connectivity index (χ4v) is 6.20. The summed E-state index contributed by atoms with van der Waals surface area (Å²) in [7, 11) is 0. The van der Waals surface area contributed by atoms with Crippen molar-refractivity contribution < 1.29 is 9.69 Å². The third-order valence-corrected chi connectivity index (χ3v) is 6.77. The fourth-order valence-electron chi connectivity index (χ4n) is 6.20. The zero-order valence-corrected chi connectivity index (χ0v) is 14.1. The first-order valence-corrected chi connectivity index (χ1v) is 9.56. The summed E-state index contributed by atoms with van der Waals surface area (Å²) in [5.74, 6) is 2.70. The van der Waals surface area contributed by atoms with Crippen LogP contribution >= 0.6 is 0 Å². The molecule has 22 heavy (non-hydrogen) atoms. The first-order chi connectivity index (χ1) is 10.7. The molecule has 4 aliphatic carbocycles. The molecule has 0 atom stereocenters. The third kappa shape index (κ3) is 2.75. The molecule has 0 radical (unpaired) electrons. The summed E-state index contributed by atoms with van der Waals surface area (Å²) in [5, 5.41) is 3.52. The van der Waals surface area contributed by atoms with E-state index in [-0.39, 0.29) is 11.6 Å². The molecule has 5 fully saturated rings. The van der Waals surface area contributed by atoms with Crippen LogP contribution in [0.5, 0.6) is 0 Å². The maximum Gasteiger partial charge on any atom is 0.318 e. The van der Waals surface area contributed by atoms with E-state index in [1.54, 1.807) is 4.90 Å². The Bertz CT molecular complexity index is 393. The summed E-state index contributed by atoms with van der Waals surface area (Å²) in [6, 6.07) is 0.234. The number of nitrogens with one attached hydrogen (secondary N) is 2. The monoisotopic (exact) mass is 306 g/mol. The number of piperazine rings is 1. The van der Waals surface area contributed by atoms with E-state index < -0.39 is 0 Å². The summed E-state index contributed by atoms with van der Waals surface area (Å²) in [5.41, 5.74) is 0.166. The van der Waals surface area contributed by atoms with Crippen LogP contribution in [0.1, 0.15) is 51.9 Å². The van der Waals surface area contributed by atoms with Crippen molar-refractivity contribution in [2.75, 3.05) is 32.7 Å². The van der Waals surface area contributed by atoms with Crippen molar-refractivity contribution >= 4 is 6.03 Å². The van der Waals surface area contributed by atoms with Gasteiger partial charge < -0.3 is 15.1 Å². The molecule has 4 bridgehead atoms. The van der Waals surface area contributed by atoms with E-state index in [4.69, 9.17) is 0 Å². The van der Waals surface area contributed by atoms with E-state index >= 15 is 0 Å². The van der Waals surface area contributed by atoms with Crippen LogP contribution in [0.3, 0.4) is 0 Å². The highest BCUT2D eigenvalue weighted by atomic mass is 16.2. The van der Waals surface area contributed by atoms with Gasteiger partial charge in [-0.3, -0.25) is 0 Å². The maximum atomic E-state index is 12.8. The normalized spacial score (nSPS) is 41.0. The standard InChI is InChI=1S/C18H31N3O/c1-2-3-20-4-6-21(7-5-20)17(22)19-18-11-14-8-15(12-18)10-16(9-14)13-18/h14-16H,2-13H2,1H3,(H,19,22)/p+1. The Balaban J connectivity index is 1.35. The molecule has 0 aromatic rings. The van der Waals surface area contributed by atoms with Gasteiger partial charge >= 0.3 is 6.03 Å². The van der Waals surface area contributed by atoms with Crippen LogP contribution in [0, 0.1) is 17.8 Å². The second kappa shape index (κ2) is 5.70. The second-order valence-corrected chi connectivity index (χ2v) is 8.62. The van der Waals surface area contributed by atoms with Crippen LogP contribution in [-0.2, 0) is 0 Å². The van der Waals surface area contributed by atoms with E-state index in [1.165, 1.54) is 51.5 Å². The molecule has 0 aromatic heterocycles. The second-order valence-electron chi connectivity index (χ2n) is 8.62. The fraction of sp³-hybridized carbons (Fsp3) is 0.944. The van der Waals surface area contributed by atoms with Crippen molar-refractivity contribution in [3.8, 4) is 0 Å². The smallest absolute Gasteiger partial charge is 0.318 e. The number of rotatable bonds is 3. The van der Waals surface area contributed by atoms with E-state index in [0.717, 1.165) is 43.9 Å². The molecule has 124 valence electrons. The maximum absolute atomic E-state index is 12.8. The molecule has 2 N–H and O–H groups in total. The highest BCUT2D eigenvalue weighted by molar-refractivity contribution is 5.75. The Morgan fingerprint density at radius 2 is 1.64 bits per heavy atom. The van der Waals surface area contributed by atoms with E-state index in [0.29, 0.717) is 0 Å². The minimum absolute atomic E-state index is 0.166. The lowest BCUT2D eigenvalue weighted by atomic mass is 9.53. The zero-order chi connectivity index (χ0) is 15.2. The number of hydrogen-bond donors (Lipinski definition) is 2. The number of carbonyl (C=O) groups is 1. The number of quaternary nitrogens is 1. The summed E-state index contributed by atoms with van der Waals surface area (Å²) < 4.78 is 0. The largest absolute Gasteiger partial charge is 0.333 e. The number of amides is 2. The molecule has 1 aliphatic heterocycles. The lowest BCUT2D eigenvalue weighted by Crippen LogP contribution is -3.14. The lowest BCUT2D eigenvalue weighted by molar-refractivity contribution is -0.904. The summed E-state index contributed by atoms with van der Waals surface area (Å²) in [4.78, 5) is 16.5. The van der Waals surface area contributed by atoms with Crippen LogP contribution in [0.4, 0.5) is 4.79 Å². The highest BCUT2D eigenvalue weighted by Gasteiger charge is 2.51. The van der Waals surface area contributed by atoms with Gasteiger partial charge in [0.05, 0.1) is 32.7 Å². The molecular formula is C18H32N3O+. The molecule has 4 nitrogen and oxygen atoms in total. The van der Waals surface area contributed by atoms with Gasteiger partial charge in [0.2, 0.25) is 0 Å². The summed E-state index contributed by atoms with van der Waals surface area (Å²) in [6.45, 7) is 7.63. The average Bonchev–Trinajstić information content (AvgIpc) is 2.46. The van der Waals surface area contributed by atoms with Gasteiger partial charge in [0.15, 0.2) is 0 Å². The summed E-state index contributed by atoms with van der Waals surface area (Å²) >= 11 is 0. The molecule has 0 spiro atoms. The Labute approximate surface area is 134 Å². The molecule has 4 heteroatoms. The number of urea groups is 1. The Kier molecular flexibility index (Phi) is 3.83. The van der Waals surface area contributed by atoms with Crippen molar-refractivity contribution in [3.05, 3.63) is 0 Å². The predicted octanol–water partition coefficient (Wildman–Crippen LogP) is 1.28. The molecule has 0 unspecified atom stereocenters. The van der Waals surface area contributed by atoms with Crippen LogP contribution in [0.2, 0.25) is 0 Å². The molecule has 1 saturated heterocycles. The lowest BCUT2D eigenvalue weighted by Gasteiger charge is -2.57. The topological polar surface area (TPSA) is 36.8 Å². The summed E-state index contributed by atoms with van der Waals surface area (Å²) in [6.07, 6.45) is 9.33. The Hall–Kier alpha value is -0.770. The quantitative estimate of drug-likeness (QED) is 0.810. The highest BCUT2D eigenvalue weighted by Crippen LogP contribution is 2.55. The van der Waals surface area contributed by atoms with Gasteiger partial charge in [-0.25, -0.2) is 4.79 Å². The van der Waals surface area contributed by atoms with Crippen molar-refractivity contribution in [1.82, 2.24) is 10.2 Å². The van der Waals surface area contributed by atoms with E-state index in [2.05, 4.69) is 17.1 Å². The van der Waals surface area contributed by atoms with Crippen LogP contribution in [0.25, 0.3) is 0 Å². The molecular weight excluding hydrogens is 274 g/mol. The van der Waals surface area contributed by atoms with Gasteiger partial charge in [-0.2, -0.15) is 0 Å². The van der Waals surface area contributed by atoms with Gasteiger partial charge in [0.25, 0.3) is 0 Å². The minimum Gasteiger partial charge on any atom is -0.333 e. The van der Waals surface area contributed by atoms with Gasteiger partial charge in [0.1, 0.15) is 0 Å². The predicted molar refractivity (Wildman–Crippen MR) is 86.9 cm³/mol. The molecule has 0 aromatic carbocycles. The van der Waals surface area contributed by atoms with Gasteiger partial charge in [-0.1, -0.05) is 6.92 Å². The molecule has 5 rings (SSSR count). The molecule has 1 heterocycles. The van der Waals surface area contributed by atoms with E-state index in [1.807, 2.05) is 0 Å². The number of nitrogens with zero attached hydrogens (tertiary/aromatic N) is 1. The first kappa shape index (κ1) is 14.8. The molecule has 4 saturated carbocycles. The van der Waals surface area contributed by atoms with Crippen LogP contribution < -0.4 is 10.2 Å². The van der Waals surface area contributed by atoms with Crippen molar-refractivity contribution in [2.45, 2.75) is 57.4 Å². The molecule has 5 aliphatic rings. The third-order valence-electron chi connectivity index (χ3n) is 6.77. The minimum atomic E-state index is 0.166. The van der Waals surface area contributed by atoms with Crippen molar-refractivity contribution in [2.24, 2.45) is 17.8 Å². The van der Waals surface area contributed by atoms with Crippen LogP contribution in [-0.4, -0.2) is 49.2 Å². The average molecular weight is 306 g/mol. The molecule has 2 amide bonds. The number of hydrogen-bond acceptors (Lipinski definition) is 1. The first-order valence-electron chi connectivity index (χ1n) is 9.56. The van der Waals surface area contributed by atoms with Crippen molar-refractivity contribution in [1.29, 1.82) is 0 Å². The Morgan fingerprint density at radius 3 is 2.14 bits per heavy atom. The zero-order valence-electron chi connectivity index (χ0n) is 14.1. The van der Waals surface area contributed by atoms with Crippen LogP contribution in [0.15, 0.2) is 0 Å². The Morgan fingerprint density at radius 1 is 1.09 bits per heavy atom. The van der Waals surface area contributed by atoms with Gasteiger partial charge in [-0.05, 0) is 62.7 Å². The SMILES string of the molecule is CCC[NH+]1CCN(C(=O)NC23CC4CC(CC(C4)C2)C3)CC1. The number of carbonyl (C=O) groups excluding carboxylic acids is 1. The van der Waals surface area contributed by atoms with Crippen molar-refractivity contribution in [3.63, 3.8) is 0 Å². The van der Waals surface area contributed by atoms with Gasteiger partial charge in [-0.15, -0.1) is 0 Å². The van der Waals surface area contributed by atoms with E-state index in [9.17, 15) is 4.79 Å².